The molecule has 20 heavy (non-hydrogen) atoms. The van der Waals surface area contributed by atoms with Crippen molar-refractivity contribution in [2.75, 3.05) is 26.7 Å². The summed E-state index contributed by atoms with van der Waals surface area (Å²) in [6.45, 7) is 5.02. The average molecular weight is 278 g/mol. The van der Waals surface area contributed by atoms with Gasteiger partial charge in [0.1, 0.15) is 5.75 Å². The van der Waals surface area contributed by atoms with E-state index in [9.17, 15) is 5.11 Å². The number of ether oxygens (including phenoxy) is 1. The molecular formula is C16H26N2O2. The topological polar surface area (TPSA) is 58.7 Å². The molecule has 1 atom stereocenters. The molecule has 4 heteroatoms. The van der Waals surface area contributed by atoms with Gasteiger partial charge in [0.15, 0.2) is 0 Å². The van der Waals surface area contributed by atoms with Gasteiger partial charge in [-0.15, -0.1) is 0 Å². The number of aryl methyl sites for hydroxylation is 1. The molecule has 3 N–H and O–H groups in total. The molecule has 112 valence electrons. The van der Waals surface area contributed by atoms with Gasteiger partial charge in [-0.3, -0.25) is 0 Å². The molecule has 1 aromatic rings. The molecule has 0 bridgehead atoms. The summed E-state index contributed by atoms with van der Waals surface area (Å²) >= 11 is 0. The molecule has 0 amide bonds. The number of benzene rings is 1. The molecule has 1 saturated heterocycles. The van der Waals surface area contributed by atoms with Crippen LogP contribution in [0.1, 0.15) is 36.5 Å². The summed E-state index contributed by atoms with van der Waals surface area (Å²) in [7, 11) is 1.65. The van der Waals surface area contributed by atoms with E-state index in [1.165, 1.54) is 0 Å². The van der Waals surface area contributed by atoms with Crippen molar-refractivity contribution in [3.8, 4) is 5.75 Å². The van der Waals surface area contributed by atoms with Gasteiger partial charge < -0.3 is 20.5 Å². The van der Waals surface area contributed by atoms with Crippen LogP contribution in [-0.4, -0.2) is 42.8 Å². The summed E-state index contributed by atoms with van der Waals surface area (Å²) in [4.78, 5) is 2.38. The Kier molecular flexibility index (Phi) is 5.40. The standard InChI is InChI=1S/C16H26N2O2/c1-12-3-4-16(20-2)14(11-12)15(19)7-10-18-8-5-13(17)6-9-18/h3-4,11,13,15,19H,5-10,17H2,1-2H3. The minimum atomic E-state index is -0.472. The van der Waals surface area contributed by atoms with Crippen molar-refractivity contribution in [2.24, 2.45) is 5.73 Å². The van der Waals surface area contributed by atoms with Gasteiger partial charge in [-0.2, -0.15) is 0 Å². The molecule has 0 spiro atoms. The van der Waals surface area contributed by atoms with Crippen LogP contribution >= 0.6 is 0 Å². The highest BCUT2D eigenvalue weighted by molar-refractivity contribution is 5.38. The Balaban J connectivity index is 1.91. The predicted octanol–water partition coefficient (Wildman–Crippen LogP) is 1.85. The zero-order chi connectivity index (χ0) is 14.5. The normalized spacial score (nSPS) is 19.0. The Hall–Kier alpha value is -1.10. The maximum absolute atomic E-state index is 10.4. The van der Waals surface area contributed by atoms with E-state index >= 15 is 0 Å². The van der Waals surface area contributed by atoms with Gasteiger partial charge in [-0.25, -0.2) is 0 Å². The van der Waals surface area contributed by atoms with Gasteiger partial charge in [0, 0.05) is 18.2 Å². The molecule has 0 radical (unpaired) electrons. The van der Waals surface area contributed by atoms with Crippen molar-refractivity contribution in [2.45, 2.75) is 38.3 Å². The number of nitrogens with zero attached hydrogens (tertiary/aromatic N) is 1. The summed E-state index contributed by atoms with van der Waals surface area (Å²) in [6.07, 6.45) is 2.38. The van der Waals surface area contributed by atoms with Crippen LogP contribution in [0.25, 0.3) is 0 Å². The first-order valence-corrected chi connectivity index (χ1v) is 7.40. The van der Waals surface area contributed by atoms with E-state index in [0.29, 0.717) is 6.04 Å². The molecule has 0 saturated carbocycles. The molecule has 0 aliphatic carbocycles. The van der Waals surface area contributed by atoms with Gasteiger partial charge in [0.25, 0.3) is 0 Å². The Bertz CT molecular complexity index is 428. The average Bonchev–Trinajstić information content (AvgIpc) is 2.46. The monoisotopic (exact) mass is 278 g/mol. The molecule has 1 aliphatic rings. The molecule has 1 aliphatic heterocycles. The van der Waals surface area contributed by atoms with Crippen molar-refractivity contribution in [1.29, 1.82) is 0 Å². The minimum absolute atomic E-state index is 0.355. The fourth-order valence-corrected chi connectivity index (χ4v) is 2.75. The highest BCUT2D eigenvalue weighted by Gasteiger charge is 2.18. The zero-order valence-electron chi connectivity index (χ0n) is 12.5. The number of likely N-dealkylation sites (tertiary alicyclic amines) is 1. The van der Waals surface area contributed by atoms with Crippen LogP contribution in [-0.2, 0) is 0 Å². The molecule has 4 nitrogen and oxygen atoms in total. The number of hydrogen-bond acceptors (Lipinski definition) is 4. The molecule has 1 heterocycles. The Morgan fingerprint density at radius 2 is 2.10 bits per heavy atom. The van der Waals surface area contributed by atoms with E-state index < -0.39 is 6.10 Å². The van der Waals surface area contributed by atoms with Gasteiger partial charge in [0.2, 0.25) is 0 Å². The number of piperidine rings is 1. The maximum atomic E-state index is 10.4. The molecule has 2 rings (SSSR count). The summed E-state index contributed by atoms with van der Waals surface area (Å²) in [5.74, 6) is 0.767. The van der Waals surface area contributed by atoms with Crippen LogP contribution in [0.3, 0.4) is 0 Å². The van der Waals surface area contributed by atoms with Crippen molar-refractivity contribution >= 4 is 0 Å². The third kappa shape index (κ3) is 3.95. The smallest absolute Gasteiger partial charge is 0.124 e. The lowest BCUT2D eigenvalue weighted by Gasteiger charge is -2.30. The summed E-state index contributed by atoms with van der Waals surface area (Å²) < 4.78 is 5.34. The number of rotatable bonds is 5. The third-order valence-electron chi connectivity index (χ3n) is 4.10. The first kappa shape index (κ1) is 15.3. The van der Waals surface area contributed by atoms with Gasteiger partial charge in [-0.1, -0.05) is 11.6 Å². The highest BCUT2D eigenvalue weighted by Crippen LogP contribution is 2.28. The molecule has 1 unspecified atom stereocenters. The summed E-state index contributed by atoms with van der Waals surface area (Å²) in [5.41, 5.74) is 7.94. The van der Waals surface area contributed by atoms with Crippen molar-refractivity contribution in [1.82, 2.24) is 4.90 Å². The lowest BCUT2D eigenvalue weighted by atomic mass is 10.0. The van der Waals surface area contributed by atoms with Gasteiger partial charge in [0.05, 0.1) is 13.2 Å². The quantitative estimate of drug-likeness (QED) is 0.863. The van der Waals surface area contributed by atoms with Crippen LogP contribution < -0.4 is 10.5 Å². The number of nitrogens with two attached hydrogens (primary N) is 1. The Morgan fingerprint density at radius 3 is 2.75 bits per heavy atom. The van der Waals surface area contributed by atoms with E-state index in [-0.39, 0.29) is 0 Å². The Labute approximate surface area is 121 Å². The first-order chi connectivity index (χ1) is 9.60. The molecule has 0 aromatic heterocycles. The van der Waals surface area contributed by atoms with E-state index in [2.05, 4.69) is 4.90 Å². The first-order valence-electron chi connectivity index (χ1n) is 7.40. The second kappa shape index (κ2) is 7.07. The van der Waals surface area contributed by atoms with Crippen molar-refractivity contribution in [3.05, 3.63) is 29.3 Å². The summed E-state index contributed by atoms with van der Waals surface area (Å²) in [5, 5.41) is 10.4. The SMILES string of the molecule is COc1ccc(C)cc1C(O)CCN1CCC(N)CC1. The summed E-state index contributed by atoms with van der Waals surface area (Å²) in [6, 6.07) is 6.29. The fraction of sp³-hybridized carbons (Fsp3) is 0.625. The second-order valence-corrected chi connectivity index (χ2v) is 5.73. The van der Waals surface area contributed by atoms with Crippen LogP contribution in [0.5, 0.6) is 5.75 Å². The number of aliphatic hydroxyl groups excluding tert-OH is 1. The molecule has 1 fully saturated rings. The van der Waals surface area contributed by atoms with Gasteiger partial charge >= 0.3 is 0 Å². The van der Waals surface area contributed by atoms with Crippen LogP contribution in [0.4, 0.5) is 0 Å². The molecule has 1 aromatic carbocycles. The largest absolute Gasteiger partial charge is 0.496 e. The number of aliphatic hydroxyl groups is 1. The molecular weight excluding hydrogens is 252 g/mol. The van der Waals surface area contributed by atoms with E-state index in [0.717, 1.165) is 55.8 Å². The number of hydrogen-bond donors (Lipinski definition) is 2. The Morgan fingerprint density at radius 1 is 1.40 bits per heavy atom. The fourth-order valence-electron chi connectivity index (χ4n) is 2.75. The van der Waals surface area contributed by atoms with E-state index in [1.807, 2.05) is 25.1 Å². The van der Waals surface area contributed by atoms with Crippen molar-refractivity contribution < 1.29 is 9.84 Å². The lowest BCUT2D eigenvalue weighted by molar-refractivity contribution is 0.128. The van der Waals surface area contributed by atoms with Crippen LogP contribution in [0.2, 0.25) is 0 Å². The predicted molar refractivity (Wildman–Crippen MR) is 81.0 cm³/mol. The zero-order valence-corrected chi connectivity index (χ0v) is 12.5. The second-order valence-electron chi connectivity index (χ2n) is 5.73. The van der Waals surface area contributed by atoms with Crippen LogP contribution in [0.15, 0.2) is 18.2 Å². The third-order valence-corrected chi connectivity index (χ3v) is 4.10. The van der Waals surface area contributed by atoms with E-state index in [1.54, 1.807) is 7.11 Å². The number of methoxy groups -OCH3 is 1. The van der Waals surface area contributed by atoms with E-state index in [4.69, 9.17) is 10.5 Å². The highest BCUT2D eigenvalue weighted by atomic mass is 16.5. The van der Waals surface area contributed by atoms with Crippen LogP contribution in [0, 0.1) is 6.92 Å². The maximum Gasteiger partial charge on any atom is 0.124 e. The lowest BCUT2D eigenvalue weighted by Crippen LogP contribution is -2.40. The minimum Gasteiger partial charge on any atom is -0.496 e. The van der Waals surface area contributed by atoms with Crippen molar-refractivity contribution in [3.63, 3.8) is 0 Å². The van der Waals surface area contributed by atoms with Gasteiger partial charge in [-0.05, 0) is 51.4 Å².